The van der Waals surface area contributed by atoms with E-state index in [1.54, 1.807) is 18.2 Å². The normalized spacial score (nSPS) is 23.2. The van der Waals surface area contributed by atoms with Gasteiger partial charge in [-0.25, -0.2) is 8.42 Å². The van der Waals surface area contributed by atoms with Gasteiger partial charge in [-0.05, 0) is 49.4 Å². The molecule has 152 valence electrons. The molecule has 0 bridgehead atoms. The van der Waals surface area contributed by atoms with Crippen LogP contribution in [0.1, 0.15) is 51.0 Å². The summed E-state index contributed by atoms with van der Waals surface area (Å²) < 4.78 is 27.2. The molecule has 1 saturated heterocycles. The molecule has 1 aromatic rings. The first-order chi connectivity index (χ1) is 13.4. The predicted molar refractivity (Wildman–Crippen MR) is 105 cm³/mol. The van der Waals surface area contributed by atoms with Crippen molar-refractivity contribution < 1.29 is 18.0 Å². The highest BCUT2D eigenvalue weighted by molar-refractivity contribution is 7.89. The molecule has 2 fully saturated rings. The molecule has 0 radical (unpaired) electrons. The molecule has 8 heteroatoms. The summed E-state index contributed by atoms with van der Waals surface area (Å²) in [5.41, 5.74) is 1.38. The minimum Gasteiger partial charge on any atom is -0.352 e. The highest BCUT2D eigenvalue weighted by Crippen LogP contribution is 2.35. The van der Waals surface area contributed by atoms with E-state index in [1.807, 2.05) is 0 Å². The Balaban J connectivity index is 1.60. The smallest absolute Gasteiger partial charge is 0.243 e. The first-order valence-electron chi connectivity index (χ1n) is 10.1. The van der Waals surface area contributed by atoms with E-state index in [1.165, 1.54) is 16.1 Å². The number of carbonyl (C=O) groups is 2. The van der Waals surface area contributed by atoms with Gasteiger partial charge in [-0.3, -0.25) is 14.5 Å². The Bertz CT molecular complexity index is 887. The molecule has 4 rings (SSSR count). The summed E-state index contributed by atoms with van der Waals surface area (Å²) >= 11 is 0. The molecular formula is C20H27N3O4S. The minimum atomic E-state index is -3.53. The van der Waals surface area contributed by atoms with Crippen molar-refractivity contribution in [3.05, 3.63) is 23.8 Å². The molecule has 1 aromatic carbocycles. The highest BCUT2D eigenvalue weighted by Gasteiger charge is 2.39. The third-order valence-electron chi connectivity index (χ3n) is 6.08. The van der Waals surface area contributed by atoms with Crippen LogP contribution in [0, 0.1) is 0 Å². The molecule has 2 heterocycles. The number of nitrogens with one attached hydrogen (secondary N) is 1. The standard InChI is InChI=1S/C20H27N3O4S/c1-14(24)23-18-9-8-17(28(26,27)22-10-4-5-11-22)12-15(18)13-19(23)20(25)21-16-6-2-3-7-16/h8-9,12,16,19H,2-7,10-11,13H2,1H3,(H,21,25). The average Bonchev–Trinajstić information content (AvgIpc) is 3.40. The number of hydrogen-bond donors (Lipinski definition) is 1. The monoisotopic (exact) mass is 405 g/mol. The lowest BCUT2D eigenvalue weighted by molar-refractivity contribution is -0.126. The highest BCUT2D eigenvalue weighted by atomic mass is 32.2. The molecule has 0 aromatic heterocycles. The number of carbonyl (C=O) groups excluding carboxylic acids is 2. The fourth-order valence-electron chi connectivity index (χ4n) is 4.63. The number of hydrogen-bond acceptors (Lipinski definition) is 4. The molecular weight excluding hydrogens is 378 g/mol. The molecule has 2 amide bonds. The van der Waals surface area contributed by atoms with Gasteiger partial charge in [-0.1, -0.05) is 12.8 Å². The summed E-state index contributed by atoms with van der Waals surface area (Å²) in [7, 11) is -3.53. The fourth-order valence-corrected chi connectivity index (χ4v) is 6.20. The van der Waals surface area contributed by atoms with E-state index >= 15 is 0 Å². The Hall–Kier alpha value is -1.93. The van der Waals surface area contributed by atoms with Crippen molar-refractivity contribution >= 4 is 27.5 Å². The second-order valence-electron chi connectivity index (χ2n) is 8.00. The van der Waals surface area contributed by atoms with Gasteiger partial charge >= 0.3 is 0 Å². The average molecular weight is 406 g/mol. The van der Waals surface area contributed by atoms with E-state index in [2.05, 4.69) is 5.32 Å². The molecule has 1 N–H and O–H groups in total. The van der Waals surface area contributed by atoms with Gasteiger partial charge in [-0.2, -0.15) is 4.31 Å². The molecule has 1 aliphatic carbocycles. The Morgan fingerprint density at radius 2 is 1.75 bits per heavy atom. The predicted octanol–water partition coefficient (Wildman–Crippen LogP) is 1.81. The molecule has 0 spiro atoms. The van der Waals surface area contributed by atoms with Crippen molar-refractivity contribution in [3.8, 4) is 0 Å². The lowest BCUT2D eigenvalue weighted by Crippen LogP contribution is -2.49. The lowest BCUT2D eigenvalue weighted by Gasteiger charge is -2.25. The molecule has 1 saturated carbocycles. The van der Waals surface area contributed by atoms with Crippen molar-refractivity contribution in [1.82, 2.24) is 9.62 Å². The molecule has 1 unspecified atom stereocenters. The first-order valence-corrected chi connectivity index (χ1v) is 11.5. The largest absolute Gasteiger partial charge is 0.352 e. The summed E-state index contributed by atoms with van der Waals surface area (Å²) in [6.45, 7) is 2.54. The second-order valence-corrected chi connectivity index (χ2v) is 9.94. The van der Waals surface area contributed by atoms with Crippen LogP contribution in [0.4, 0.5) is 5.69 Å². The summed E-state index contributed by atoms with van der Waals surface area (Å²) in [4.78, 5) is 26.9. The number of fused-ring (bicyclic) bond motifs is 1. The first kappa shape index (κ1) is 19.4. The van der Waals surface area contributed by atoms with Crippen LogP contribution in [0.3, 0.4) is 0 Å². The third-order valence-corrected chi connectivity index (χ3v) is 7.98. The van der Waals surface area contributed by atoms with E-state index in [0.29, 0.717) is 25.2 Å². The molecule has 7 nitrogen and oxygen atoms in total. The van der Waals surface area contributed by atoms with Crippen molar-refractivity contribution in [3.63, 3.8) is 0 Å². The number of amides is 2. The van der Waals surface area contributed by atoms with Crippen LogP contribution < -0.4 is 10.2 Å². The maximum atomic E-state index is 12.9. The summed E-state index contributed by atoms with van der Waals surface area (Å²) in [6.07, 6.45) is 6.29. The second kappa shape index (κ2) is 7.48. The number of nitrogens with zero attached hydrogens (tertiary/aromatic N) is 2. The number of anilines is 1. The van der Waals surface area contributed by atoms with Crippen LogP contribution in [-0.4, -0.2) is 49.7 Å². The maximum absolute atomic E-state index is 12.9. The van der Waals surface area contributed by atoms with Crippen LogP contribution in [0.2, 0.25) is 0 Å². The fraction of sp³-hybridized carbons (Fsp3) is 0.600. The summed E-state index contributed by atoms with van der Waals surface area (Å²) in [6, 6.07) is 4.43. The van der Waals surface area contributed by atoms with Gasteiger partial charge in [0, 0.05) is 38.2 Å². The van der Waals surface area contributed by atoms with Gasteiger partial charge in [0.05, 0.1) is 4.90 Å². The molecule has 1 atom stereocenters. The lowest BCUT2D eigenvalue weighted by atomic mass is 10.1. The number of sulfonamides is 1. The Morgan fingerprint density at radius 3 is 2.39 bits per heavy atom. The zero-order valence-corrected chi connectivity index (χ0v) is 17.0. The maximum Gasteiger partial charge on any atom is 0.243 e. The van der Waals surface area contributed by atoms with Crippen LogP contribution in [0.5, 0.6) is 0 Å². The van der Waals surface area contributed by atoms with Gasteiger partial charge in [0.25, 0.3) is 0 Å². The van der Waals surface area contributed by atoms with E-state index < -0.39 is 16.1 Å². The Morgan fingerprint density at radius 1 is 1.07 bits per heavy atom. The van der Waals surface area contributed by atoms with Crippen molar-refractivity contribution in [2.45, 2.75) is 68.8 Å². The minimum absolute atomic E-state index is 0.151. The van der Waals surface area contributed by atoms with Crippen LogP contribution in [0.25, 0.3) is 0 Å². The SMILES string of the molecule is CC(=O)N1c2ccc(S(=O)(=O)N3CCCC3)cc2CC1C(=O)NC1CCCC1. The van der Waals surface area contributed by atoms with E-state index in [-0.39, 0.29) is 22.8 Å². The van der Waals surface area contributed by atoms with E-state index in [9.17, 15) is 18.0 Å². The van der Waals surface area contributed by atoms with E-state index in [4.69, 9.17) is 0 Å². The Labute approximate surface area is 166 Å². The van der Waals surface area contributed by atoms with Gasteiger partial charge in [-0.15, -0.1) is 0 Å². The Kier molecular flexibility index (Phi) is 5.18. The zero-order chi connectivity index (χ0) is 19.9. The molecule has 28 heavy (non-hydrogen) atoms. The van der Waals surface area contributed by atoms with Crippen molar-refractivity contribution in [1.29, 1.82) is 0 Å². The van der Waals surface area contributed by atoms with Gasteiger partial charge in [0.1, 0.15) is 6.04 Å². The number of benzene rings is 1. The third kappa shape index (κ3) is 3.43. The van der Waals surface area contributed by atoms with E-state index in [0.717, 1.165) is 44.1 Å². The van der Waals surface area contributed by atoms with Crippen LogP contribution >= 0.6 is 0 Å². The molecule has 2 aliphatic heterocycles. The van der Waals surface area contributed by atoms with Gasteiger partial charge in [0.15, 0.2) is 0 Å². The quantitative estimate of drug-likeness (QED) is 0.828. The van der Waals surface area contributed by atoms with Gasteiger partial charge < -0.3 is 5.32 Å². The van der Waals surface area contributed by atoms with Gasteiger partial charge in [0.2, 0.25) is 21.8 Å². The van der Waals surface area contributed by atoms with Crippen LogP contribution in [0.15, 0.2) is 23.1 Å². The summed E-state index contributed by atoms with van der Waals surface area (Å²) in [5, 5.41) is 3.07. The van der Waals surface area contributed by atoms with Crippen molar-refractivity contribution in [2.24, 2.45) is 0 Å². The zero-order valence-electron chi connectivity index (χ0n) is 16.2. The number of rotatable bonds is 4. The molecule has 3 aliphatic rings. The summed E-state index contributed by atoms with van der Waals surface area (Å²) in [5.74, 6) is -0.359. The van der Waals surface area contributed by atoms with Crippen LogP contribution in [-0.2, 0) is 26.0 Å². The van der Waals surface area contributed by atoms with Crippen molar-refractivity contribution in [2.75, 3.05) is 18.0 Å². The topological polar surface area (TPSA) is 86.8 Å².